The maximum absolute atomic E-state index is 2.53. The third kappa shape index (κ3) is 0.737. The van der Waals surface area contributed by atoms with Crippen molar-refractivity contribution in [3.05, 3.63) is 0 Å². The molecule has 3 heteroatoms. The van der Waals surface area contributed by atoms with Crippen LogP contribution in [-0.4, -0.2) is 49.9 Å². The van der Waals surface area contributed by atoms with Crippen molar-refractivity contribution in [3.8, 4) is 0 Å². The van der Waals surface area contributed by atoms with Crippen LogP contribution in [-0.2, 0) is 0 Å². The van der Waals surface area contributed by atoms with Crippen molar-refractivity contribution >= 4 is 7.98 Å². The minimum Gasteiger partial charge on any atom is -0.342 e. The summed E-state index contributed by atoms with van der Waals surface area (Å²) in [5.74, 6) is 0. The molecule has 2 nitrogen and oxygen atoms in total. The first kappa shape index (κ1) is 6.68. The highest BCUT2D eigenvalue weighted by Gasteiger charge is 2.46. The third-order valence-corrected chi connectivity index (χ3v) is 3.07. The van der Waals surface area contributed by atoms with E-state index in [0.717, 1.165) is 0 Å². The van der Waals surface area contributed by atoms with Gasteiger partial charge >= 0.3 is 0 Å². The summed E-state index contributed by atoms with van der Waals surface area (Å²) in [6.07, 6.45) is 2.83. The Morgan fingerprint density at radius 2 is 2.10 bits per heavy atom. The second-order valence-corrected chi connectivity index (χ2v) is 3.92. The van der Waals surface area contributed by atoms with E-state index < -0.39 is 0 Å². The number of rotatable bonds is 0. The normalized spacial score (nSPS) is 32.9. The number of hydrogen-bond acceptors (Lipinski definition) is 2. The average molecular weight is 138 g/mol. The van der Waals surface area contributed by atoms with Crippen molar-refractivity contribution < 1.29 is 0 Å². The zero-order chi connectivity index (χ0) is 7.19. The molecule has 0 bridgehead atoms. The average Bonchev–Trinajstić information content (AvgIpc) is 2.12. The van der Waals surface area contributed by atoms with Crippen LogP contribution in [0, 0.1) is 0 Å². The number of nitrogens with zero attached hydrogens (tertiary/aromatic N) is 2. The lowest BCUT2D eigenvalue weighted by atomic mass is 9.86. The van der Waals surface area contributed by atoms with Crippen molar-refractivity contribution in [2.75, 3.05) is 26.7 Å². The Kier molecular flexibility index (Phi) is 1.33. The molecule has 1 spiro atoms. The maximum Gasteiger partial charge on any atom is 0.186 e. The summed E-state index contributed by atoms with van der Waals surface area (Å²) in [6.45, 7) is 3.90. The van der Waals surface area contributed by atoms with Crippen LogP contribution in [0.1, 0.15) is 12.8 Å². The first-order valence-electron chi connectivity index (χ1n) is 4.13. The maximum atomic E-state index is 2.53. The van der Waals surface area contributed by atoms with Gasteiger partial charge in [0.1, 0.15) is 0 Å². The second kappa shape index (κ2) is 1.99. The molecule has 2 heterocycles. The number of likely N-dealkylation sites (tertiary alicyclic amines) is 1. The fraction of sp³-hybridized carbons (Fsp3) is 1.00. The smallest absolute Gasteiger partial charge is 0.186 e. The summed E-state index contributed by atoms with van der Waals surface area (Å²) in [6, 6.07) is 0. The zero-order valence-electron chi connectivity index (χ0n) is 6.93. The van der Waals surface area contributed by atoms with Gasteiger partial charge in [0, 0.05) is 18.6 Å². The van der Waals surface area contributed by atoms with Gasteiger partial charge in [0.15, 0.2) is 7.98 Å². The first-order valence-corrected chi connectivity index (χ1v) is 4.13. The second-order valence-electron chi connectivity index (χ2n) is 3.92. The van der Waals surface area contributed by atoms with Gasteiger partial charge in [-0.2, -0.15) is 0 Å². The third-order valence-electron chi connectivity index (χ3n) is 3.07. The van der Waals surface area contributed by atoms with Crippen molar-refractivity contribution in [1.29, 1.82) is 0 Å². The molecule has 2 aliphatic rings. The molecule has 2 fully saturated rings. The van der Waals surface area contributed by atoms with Crippen LogP contribution in [0.3, 0.4) is 0 Å². The van der Waals surface area contributed by atoms with E-state index in [2.05, 4.69) is 24.7 Å². The predicted octanol–water partition coefficient (Wildman–Crippen LogP) is -0.685. The lowest BCUT2D eigenvalue weighted by Gasteiger charge is -2.51. The monoisotopic (exact) mass is 138 g/mol. The summed E-state index contributed by atoms with van der Waals surface area (Å²) < 4.78 is 0. The summed E-state index contributed by atoms with van der Waals surface area (Å²) in [5, 5.41) is 0. The Bertz CT molecular complexity index is 143. The minimum absolute atomic E-state index is 0.606. The zero-order valence-corrected chi connectivity index (χ0v) is 6.93. The molecule has 10 heavy (non-hydrogen) atoms. The van der Waals surface area contributed by atoms with Gasteiger partial charge in [-0.3, -0.25) is 0 Å². The highest BCUT2D eigenvalue weighted by molar-refractivity contribution is 6.05. The van der Waals surface area contributed by atoms with Gasteiger partial charge in [0.2, 0.25) is 0 Å². The lowest BCUT2D eigenvalue weighted by Crippen LogP contribution is -2.65. The molecular formula is C7H15BN2. The van der Waals surface area contributed by atoms with Crippen LogP contribution in [0.2, 0.25) is 0 Å². The molecule has 0 saturated carbocycles. The van der Waals surface area contributed by atoms with Crippen LogP contribution in [0.4, 0.5) is 0 Å². The van der Waals surface area contributed by atoms with E-state index in [0.29, 0.717) is 5.54 Å². The molecule has 0 N–H and O–H groups in total. The van der Waals surface area contributed by atoms with E-state index in [1.54, 1.807) is 0 Å². The van der Waals surface area contributed by atoms with Crippen molar-refractivity contribution in [1.82, 2.24) is 9.71 Å². The lowest BCUT2D eigenvalue weighted by molar-refractivity contribution is 0.0319. The van der Waals surface area contributed by atoms with Crippen LogP contribution < -0.4 is 0 Å². The topological polar surface area (TPSA) is 6.48 Å². The SMILES string of the molecule is BN1CCCC12CN(C)C2. The van der Waals surface area contributed by atoms with E-state index in [4.69, 9.17) is 0 Å². The summed E-state index contributed by atoms with van der Waals surface area (Å²) >= 11 is 0. The van der Waals surface area contributed by atoms with E-state index in [1.807, 2.05) is 0 Å². The summed E-state index contributed by atoms with van der Waals surface area (Å²) in [4.78, 5) is 4.94. The molecule has 0 aromatic carbocycles. The van der Waals surface area contributed by atoms with Crippen LogP contribution in [0.25, 0.3) is 0 Å². The molecule has 0 radical (unpaired) electrons. The Morgan fingerprint density at radius 3 is 2.50 bits per heavy atom. The number of likely N-dealkylation sites (N-methyl/N-ethyl adjacent to an activating group) is 1. The fourth-order valence-corrected chi connectivity index (χ4v) is 2.43. The van der Waals surface area contributed by atoms with E-state index in [1.165, 1.54) is 32.5 Å². The minimum atomic E-state index is 0.606. The van der Waals surface area contributed by atoms with Gasteiger partial charge in [0.25, 0.3) is 0 Å². The van der Waals surface area contributed by atoms with Gasteiger partial charge in [-0.15, -0.1) is 0 Å². The Morgan fingerprint density at radius 1 is 1.40 bits per heavy atom. The van der Waals surface area contributed by atoms with Gasteiger partial charge < -0.3 is 9.71 Å². The van der Waals surface area contributed by atoms with E-state index in [9.17, 15) is 0 Å². The van der Waals surface area contributed by atoms with E-state index in [-0.39, 0.29) is 0 Å². The van der Waals surface area contributed by atoms with Crippen LogP contribution in [0.15, 0.2) is 0 Å². The van der Waals surface area contributed by atoms with E-state index >= 15 is 0 Å². The summed E-state index contributed by atoms with van der Waals surface area (Å²) in [7, 11) is 4.47. The molecule has 2 rings (SSSR count). The van der Waals surface area contributed by atoms with Gasteiger partial charge in [-0.05, 0) is 26.4 Å². The van der Waals surface area contributed by atoms with Crippen molar-refractivity contribution in [2.45, 2.75) is 18.4 Å². The highest BCUT2D eigenvalue weighted by atomic mass is 15.3. The molecule has 0 aromatic heterocycles. The molecule has 0 aromatic rings. The molecule has 56 valence electrons. The quantitative estimate of drug-likeness (QED) is 0.409. The van der Waals surface area contributed by atoms with Gasteiger partial charge in [-0.25, -0.2) is 0 Å². The Balaban J connectivity index is 2.03. The Hall–Kier alpha value is -0.0151. The fourth-order valence-electron chi connectivity index (χ4n) is 2.43. The largest absolute Gasteiger partial charge is 0.342 e. The first-order chi connectivity index (χ1) is 4.73. The molecule has 0 amide bonds. The standard InChI is InChI=1S/C7H15BN2/c1-9-5-7(6-9)3-2-4-10(7)8/h2-6,8H2,1H3. The van der Waals surface area contributed by atoms with Crippen LogP contribution in [0.5, 0.6) is 0 Å². The van der Waals surface area contributed by atoms with Crippen LogP contribution >= 0.6 is 0 Å². The molecule has 0 aliphatic carbocycles. The Labute approximate surface area is 63.6 Å². The molecule has 0 atom stereocenters. The molecular weight excluding hydrogens is 123 g/mol. The van der Waals surface area contributed by atoms with Crippen molar-refractivity contribution in [2.24, 2.45) is 0 Å². The highest BCUT2D eigenvalue weighted by Crippen LogP contribution is 2.34. The number of hydrogen-bond donors (Lipinski definition) is 0. The predicted molar refractivity (Wildman–Crippen MR) is 44.7 cm³/mol. The molecule has 2 aliphatic heterocycles. The van der Waals surface area contributed by atoms with Crippen molar-refractivity contribution in [3.63, 3.8) is 0 Å². The molecule has 0 unspecified atom stereocenters. The summed E-state index contributed by atoms with van der Waals surface area (Å²) in [5.41, 5.74) is 0.606. The van der Waals surface area contributed by atoms with Gasteiger partial charge in [0.05, 0.1) is 0 Å². The molecule has 2 saturated heterocycles. The van der Waals surface area contributed by atoms with Gasteiger partial charge in [-0.1, -0.05) is 0 Å².